The fourth-order valence-corrected chi connectivity index (χ4v) is 3.04. The van der Waals surface area contributed by atoms with E-state index >= 15 is 0 Å². The molecule has 1 fully saturated rings. The lowest BCUT2D eigenvalue weighted by molar-refractivity contribution is 0.612. The summed E-state index contributed by atoms with van der Waals surface area (Å²) < 4.78 is 0. The molecule has 1 nitrogen and oxygen atoms in total. The zero-order chi connectivity index (χ0) is 13.4. The van der Waals surface area contributed by atoms with Crippen molar-refractivity contribution in [3.05, 3.63) is 70.8 Å². The van der Waals surface area contributed by atoms with Gasteiger partial charge in [-0.1, -0.05) is 54.1 Å². The van der Waals surface area contributed by atoms with Crippen molar-refractivity contribution in [1.29, 1.82) is 0 Å². The van der Waals surface area contributed by atoms with Crippen LogP contribution in [-0.4, -0.2) is 0 Å². The molecule has 0 bridgehead atoms. The quantitative estimate of drug-likeness (QED) is 0.873. The topological polar surface area (TPSA) is 26.0 Å². The summed E-state index contributed by atoms with van der Waals surface area (Å²) in [6, 6.07) is 17.5. The van der Waals surface area contributed by atoms with Gasteiger partial charge < -0.3 is 5.73 Å². The second kappa shape index (κ2) is 4.82. The number of aryl methyl sites for hydroxylation is 2. The molecular formula is C18H21N. The molecule has 3 rings (SSSR count). The standard InChI is InChI=1S/C18H21N/c1-12-8-9-13(2)15(10-12)18(19)17-11-16(17)14-6-4-3-5-7-14/h3-10,16-18H,11,19H2,1-2H3. The van der Waals surface area contributed by atoms with E-state index in [9.17, 15) is 0 Å². The van der Waals surface area contributed by atoms with E-state index in [1.165, 1.54) is 28.7 Å². The van der Waals surface area contributed by atoms with Crippen LogP contribution < -0.4 is 5.73 Å². The normalized spacial score (nSPS) is 23.1. The van der Waals surface area contributed by atoms with Gasteiger partial charge in [-0.05, 0) is 48.8 Å². The largest absolute Gasteiger partial charge is 0.324 e. The molecule has 19 heavy (non-hydrogen) atoms. The molecule has 2 aromatic rings. The molecule has 98 valence electrons. The van der Waals surface area contributed by atoms with Crippen LogP contribution in [0, 0.1) is 19.8 Å². The first-order chi connectivity index (χ1) is 9.16. The van der Waals surface area contributed by atoms with Gasteiger partial charge in [0.1, 0.15) is 0 Å². The van der Waals surface area contributed by atoms with Gasteiger partial charge in [-0.15, -0.1) is 0 Å². The molecule has 0 aliphatic heterocycles. The molecule has 0 spiro atoms. The lowest BCUT2D eigenvalue weighted by atomic mass is 9.94. The number of hydrogen-bond donors (Lipinski definition) is 1. The van der Waals surface area contributed by atoms with Crippen LogP contribution >= 0.6 is 0 Å². The first kappa shape index (κ1) is 12.4. The Balaban J connectivity index is 1.80. The Morgan fingerprint density at radius 2 is 1.79 bits per heavy atom. The molecule has 1 saturated carbocycles. The highest BCUT2D eigenvalue weighted by Gasteiger charge is 2.43. The van der Waals surface area contributed by atoms with E-state index in [0.717, 1.165) is 0 Å². The molecule has 0 saturated heterocycles. The third-order valence-corrected chi connectivity index (χ3v) is 4.32. The van der Waals surface area contributed by atoms with Gasteiger partial charge >= 0.3 is 0 Å². The SMILES string of the molecule is Cc1ccc(C)c(C(N)C2CC2c2ccccc2)c1. The summed E-state index contributed by atoms with van der Waals surface area (Å²) in [4.78, 5) is 0. The maximum Gasteiger partial charge on any atom is 0.0332 e. The molecule has 2 N–H and O–H groups in total. The first-order valence-corrected chi connectivity index (χ1v) is 7.04. The fraction of sp³-hybridized carbons (Fsp3) is 0.333. The van der Waals surface area contributed by atoms with E-state index in [2.05, 4.69) is 62.4 Å². The highest BCUT2D eigenvalue weighted by atomic mass is 14.7. The zero-order valence-electron chi connectivity index (χ0n) is 11.6. The maximum absolute atomic E-state index is 6.50. The Hall–Kier alpha value is -1.60. The van der Waals surface area contributed by atoms with Crippen molar-refractivity contribution in [2.75, 3.05) is 0 Å². The molecule has 0 aromatic heterocycles. The highest BCUT2D eigenvalue weighted by molar-refractivity contribution is 5.36. The number of hydrogen-bond acceptors (Lipinski definition) is 1. The predicted octanol–water partition coefficient (Wildman–Crippen LogP) is 4.11. The fourth-order valence-electron chi connectivity index (χ4n) is 3.04. The molecule has 0 heterocycles. The maximum atomic E-state index is 6.50. The molecule has 3 atom stereocenters. The van der Waals surface area contributed by atoms with Crippen LogP contribution in [0.5, 0.6) is 0 Å². The monoisotopic (exact) mass is 251 g/mol. The average molecular weight is 251 g/mol. The summed E-state index contributed by atoms with van der Waals surface area (Å²) in [7, 11) is 0. The van der Waals surface area contributed by atoms with E-state index < -0.39 is 0 Å². The van der Waals surface area contributed by atoms with Crippen molar-refractivity contribution in [3.8, 4) is 0 Å². The Kier molecular flexibility index (Phi) is 3.16. The second-order valence-electron chi connectivity index (χ2n) is 5.80. The predicted molar refractivity (Wildman–Crippen MR) is 80.1 cm³/mol. The van der Waals surface area contributed by atoms with Crippen molar-refractivity contribution >= 4 is 0 Å². The number of nitrogens with two attached hydrogens (primary N) is 1. The summed E-state index contributed by atoms with van der Waals surface area (Å²) in [6.07, 6.45) is 1.22. The minimum Gasteiger partial charge on any atom is -0.324 e. The van der Waals surface area contributed by atoms with Gasteiger partial charge in [-0.3, -0.25) is 0 Å². The third kappa shape index (κ3) is 2.43. The smallest absolute Gasteiger partial charge is 0.0332 e. The van der Waals surface area contributed by atoms with Crippen LogP contribution in [-0.2, 0) is 0 Å². The van der Waals surface area contributed by atoms with Crippen LogP contribution in [0.1, 0.15) is 40.6 Å². The summed E-state index contributed by atoms with van der Waals surface area (Å²) in [6.45, 7) is 4.30. The molecule has 1 heteroatoms. The molecule has 2 aromatic carbocycles. The Morgan fingerprint density at radius 1 is 1.05 bits per heavy atom. The van der Waals surface area contributed by atoms with E-state index in [4.69, 9.17) is 5.73 Å². The van der Waals surface area contributed by atoms with Crippen LogP contribution in [0.4, 0.5) is 0 Å². The molecule has 1 aliphatic rings. The molecule has 0 amide bonds. The van der Waals surface area contributed by atoms with Gasteiger partial charge in [0.15, 0.2) is 0 Å². The minimum atomic E-state index is 0.171. The van der Waals surface area contributed by atoms with Crippen LogP contribution in [0.2, 0.25) is 0 Å². The van der Waals surface area contributed by atoms with E-state index in [-0.39, 0.29) is 6.04 Å². The number of benzene rings is 2. The van der Waals surface area contributed by atoms with Gasteiger partial charge in [-0.2, -0.15) is 0 Å². The third-order valence-electron chi connectivity index (χ3n) is 4.32. The van der Waals surface area contributed by atoms with Gasteiger partial charge in [0, 0.05) is 6.04 Å². The molecule has 0 radical (unpaired) electrons. The number of rotatable bonds is 3. The first-order valence-electron chi connectivity index (χ1n) is 7.04. The Bertz CT molecular complexity index is 573. The van der Waals surface area contributed by atoms with Gasteiger partial charge in [0.25, 0.3) is 0 Å². The lowest BCUT2D eigenvalue weighted by Gasteiger charge is -2.15. The second-order valence-corrected chi connectivity index (χ2v) is 5.80. The summed E-state index contributed by atoms with van der Waals surface area (Å²) in [5.41, 5.74) is 11.9. The van der Waals surface area contributed by atoms with Gasteiger partial charge in [0.2, 0.25) is 0 Å². The summed E-state index contributed by atoms with van der Waals surface area (Å²) >= 11 is 0. The van der Waals surface area contributed by atoms with Crippen molar-refractivity contribution in [3.63, 3.8) is 0 Å². The zero-order valence-corrected chi connectivity index (χ0v) is 11.6. The van der Waals surface area contributed by atoms with E-state index in [1.807, 2.05) is 0 Å². The summed E-state index contributed by atoms with van der Waals surface area (Å²) in [5, 5.41) is 0. The minimum absolute atomic E-state index is 0.171. The van der Waals surface area contributed by atoms with Gasteiger partial charge in [0.05, 0.1) is 0 Å². The van der Waals surface area contributed by atoms with E-state index in [0.29, 0.717) is 11.8 Å². The lowest BCUT2D eigenvalue weighted by Crippen LogP contribution is -2.15. The Morgan fingerprint density at radius 3 is 2.53 bits per heavy atom. The van der Waals surface area contributed by atoms with Crippen molar-refractivity contribution in [2.45, 2.75) is 32.2 Å². The van der Waals surface area contributed by atoms with Crippen LogP contribution in [0.25, 0.3) is 0 Å². The van der Waals surface area contributed by atoms with E-state index in [1.54, 1.807) is 0 Å². The molecule has 1 aliphatic carbocycles. The Labute approximate surface area is 115 Å². The van der Waals surface area contributed by atoms with Crippen molar-refractivity contribution in [1.82, 2.24) is 0 Å². The van der Waals surface area contributed by atoms with Gasteiger partial charge in [-0.25, -0.2) is 0 Å². The molecule has 3 unspecified atom stereocenters. The van der Waals surface area contributed by atoms with Crippen LogP contribution in [0.3, 0.4) is 0 Å². The summed E-state index contributed by atoms with van der Waals surface area (Å²) in [5.74, 6) is 1.25. The van der Waals surface area contributed by atoms with Crippen LogP contribution in [0.15, 0.2) is 48.5 Å². The highest BCUT2D eigenvalue weighted by Crippen LogP contribution is 2.53. The molecular weight excluding hydrogens is 230 g/mol. The van der Waals surface area contributed by atoms with Crippen molar-refractivity contribution < 1.29 is 0 Å². The van der Waals surface area contributed by atoms with Crippen molar-refractivity contribution in [2.24, 2.45) is 11.7 Å². The average Bonchev–Trinajstić information content (AvgIpc) is 3.22.